The summed E-state index contributed by atoms with van der Waals surface area (Å²) < 4.78 is 5.05. The smallest absolute Gasteiger partial charge is 0.341 e. The molecule has 3 N–H and O–H groups in total. The first-order valence-corrected chi connectivity index (χ1v) is 6.14. The summed E-state index contributed by atoms with van der Waals surface area (Å²) in [5.41, 5.74) is 0.599. The second-order valence-electron chi connectivity index (χ2n) is 4.35. The number of ether oxygens (including phenoxy) is 1. The monoisotopic (exact) mass is 264 g/mol. The Morgan fingerprint density at radius 3 is 3.00 bits per heavy atom. The minimum Gasteiger partial charge on any atom is -0.482 e. The van der Waals surface area contributed by atoms with Gasteiger partial charge in [0.05, 0.1) is 6.04 Å². The van der Waals surface area contributed by atoms with E-state index < -0.39 is 12.6 Å². The van der Waals surface area contributed by atoms with Gasteiger partial charge in [0.1, 0.15) is 5.75 Å². The van der Waals surface area contributed by atoms with E-state index in [1.165, 1.54) is 0 Å². The van der Waals surface area contributed by atoms with E-state index in [1.54, 1.807) is 24.3 Å². The van der Waals surface area contributed by atoms with E-state index >= 15 is 0 Å². The number of carbonyl (C=O) groups excluding carboxylic acids is 1. The third-order valence-corrected chi connectivity index (χ3v) is 2.84. The fourth-order valence-electron chi connectivity index (χ4n) is 1.95. The van der Waals surface area contributed by atoms with Crippen molar-refractivity contribution in [2.24, 2.45) is 0 Å². The molecule has 0 saturated carbocycles. The highest BCUT2D eigenvalue weighted by molar-refractivity contribution is 5.95. The van der Waals surface area contributed by atoms with Crippen LogP contribution in [0.3, 0.4) is 0 Å². The van der Waals surface area contributed by atoms with Gasteiger partial charge in [-0.1, -0.05) is 6.07 Å². The molecule has 0 unspecified atom stereocenters. The van der Waals surface area contributed by atoms with Gasteiger partial charge in [-0.25, -0.2) is 4.79 Å². The Balaban J connectivity index is 1.94. The molecular weight excluding hydrogens is 248 g/mol. The Morgan fingerprint density at radius 1 is 1.47 bits per heavy atom. The van der Waals surface area contributed by atoms with E-state index in [4.69, 9.17) is 9.84 Å². The van der Waals surface area contributed by atoms with Gasteiger partial charge in [-0.3, -0.25) is 4.79 Å². The molecule has 1 aliphatic heterocycles. The minimum atomic E-state index is -1.04. The van der Waals surface area contributed by atoms with Gasteiger partial charge in [-0.15, -0.1) is 0 Å². The molecule has 0 aliphatic carbocycles. The number of carboxylic acid groups (broad SMARTS) is 1. The van der Waals surface area contributed by atoms with Gasteiger partial charge in [0, 0.05) is 11.8 Å². The lowest BCUT2D eigenvalue weighted by Crippen LogP contribution is -2.35. The van der Waals surface area contributed by atoms with Crippen LogP contribution in [-0.2, 0) is 9.59 Å². The van der Waals surface area contributed by atoms with Crippen molar-refractivity contribution < 1.29 is 19.4 Å². The molecule has 19 heavy (non-hydrogen) atoms. The molecule has 1 saturated heterocycles. The van der Waals surface area contributed by atoms with Crippen molar-refractivity contribution >= 4 is 17.6 Å². The van der Waals surface area contributed by atoms with Crippen molar-refractivity contribution in [2.45, 2.75) is 18.9 Å². The second-order valence-corrected chi connectivity index (χ2v) is 4.35. The van der Waals surface area contributed by atoms with Crippen LogP contribution >= 0.6 is 0 Å². The molecule has 1 aromatic rings. The van der Waals surface area contributed by atoms with Gasteiger partial charge in [0.25, 0.3) is 0 Å². The quantitative estimate of drug-likeness (QED) is 0.733. The third-order valence-electron chi connectivity index (χ3n) is 2.84. The molecule has 1 atom stereocenters. The first kappa shape index (κ1) is 13.4. The van der Waals surface area contributed by atoms with Crippen molar-refractivity contribution in [1.29, 1.82) is 0 Å². The molecule has 1 aromatic carbocycles. The number of hydrogen-bond donors (Lipinski definition) is 3. The Hall–Kier alpha value is -2.08. The molecule has 0 radical (unpaired) electrons. The lowest BCUT2D eigenvalue weighted by atomic mass is 10.2. The standard InChI is InChI=1S/C13H16N2O4/c16-12(17)8-19-10-4-1-3-9(7-10)15-13(18)11-5-2-6-14-11/h1,3-4,7,11,14H,2,5-6,8H2,(H,15,18)(H,16,17)/t11-/m1/s1. The minimum absolute atomic E-state index is 0.0760. The summed E-state index contributed by atoms with van der Waals surface area (Å²) >= 11 is 0. The number of nitrogens with one attached hydrogen (secondary N) is 2. The Kier molecular flexibility index (Phi) is 4.35. The highest BCUT2D eigenvalue weighted by Gasteiger charge is 2.21. The van der Waals surface area contributed by atoms with Crippen molar-refractivity contribution in [2.75, 3.05) is 18.5 Å². The molecular formula is C13H16N2O4. The highest BCUT2D eigenvalue weighted by Crippen LogP contribution is 2.18. The molecule has 2 rings (SSSR count). The molecule has 0 bridgehead atoms. The summed E-state index contributed by atoms with van der Waals surface area (Å²) in [6, 6.07) is 6.54. The van der Waals surface area contributed by atoms with Crippen molar-refractivity contribution in [3.05, 3.63) is 24.3 Å². The summed E-state index contributed by atoms with van der Waals surface area (Å²) in [5, 5.41) is 14.4. The highest BCUT2D eigenvalue weighted by atomic mass is 16.5. The second kappa shape index (κ2) is 6.19. The van der Waals surface area contributed by atoms with E-state index in [0.29, 0.717) is 11.4 Å². The van der Waals surface area contributed by atoms with Gasteiger partial charge >= 0.3 is 5.97 Å². The molecule has 1 amide bonds. The van der Waals surface area contributed by atoms with E-state index in [9.17, 15) is 9.59 Å². The van der Waals surface area contributed by atoms with Crippen LogP contribution < -0.4 is 15.4 Å². The number of carboxylic acids is 1. The lowest BCUT2D eigenvalue weighted by molar-refractivity contribution is -0.139. The van der Waals surface area contributed by atoms with Crippen LogP contribution in [0, 0.1) is 0 Å². The molecule has 0 spiro atoms. The van der Waals surface area contributed by atoms with Gasteiger partial charge in [-0.2, -0.15) is 0 Å². The SMILES string of the molecule is O=C(O)COc1cccc(NC(=O)[C@H]2CCCN2)c1. The van der Waals surface area contributed by atoms with Gasteiger partial charge in [0.15, 0.2) is 6.61 Å². The number of anilines is 1. The summed E-state index contributed by atoms with van der Waals surface area (Å²) in [4.78, 5) is 22.3. The van der Waals surface area contributed by atoms with Crippen LogP contribution in [0.5, 0.6) is 5.75 Å². The third kappa shape index (κ3) is 3.96. The van der Waals surface area contributed by atoms with Crippen molar-refractivity contribution in [3.8, 4) is 5.75 Å². The molecule has 6 nitrogen and oxygen atoms in total. The predicted octanol–water partition coefficient (Wildman–Crippen LogP) is 0.840. The zero-order valence-corrected chi connectivity index (χ0v) is 10.4. The van der Waals surface area contributed by atoms with Crippen molar-refractivity contribution in [1.82, 2.24) is 5.32 Å². The van der Waals surface area contributed by atoms with Crippen LogP contribution in [0.2, 0.25) is 0 Å². The van der Waals surface area contributed by atoms with Crippen LogP contribution in [0.1, 0.15) is 12.8 Å². The molecule has 102 valence electrons. The zero-order valence-electron chi connectivity index (χ0n) is 10.4. The normalized spacial score (nSPS) is 18.0. The van der Waals surface area contributed by atoms with E-state index in [1.807, 2.05) is 0 Å². The summed E-state index contributed by atoms with van der Waals surface area (Å²) in [6.45, 7) is 0.460. The molecule has 1 fully saturated rings. The number of carbonyl (C=O) groups is 2. The van der Waals surface area contributed by atoms with Crippen LogP contribution in [-0.4, -0.2) is 36.2 Å². The number of amides is 1. The summed E-state index contributed by atoms with van der Waals surface area (Å²) in [7, 11) is 0. The van der Waals surface area contributed by atoms with E-state index in [2.05, 4.69) is 10.6 Å². The lowest BCUT2D eigenvalue weighted by Gasteiger charge is -2.12. The maximum Gasteiger partial charge on any atom is 0.341 e. The predicted molar refractivity (Wildman–Crippen MR) is 69.2 cm³/mol. The zero-order chi connectivity index (χ0) is 13.7. The topological polar surface area (TPSA) is 87.7 Å². The van der Waals surface area contributed by atoms with Crippen LogP contribution in [0.25, 0.3) is 0 Å². The fourth-order valence-corrected chi connectivity index (χ4v) is 1.95. The molecule has 6 heteroatoms. The van der Waals surface area contributed by atoms with Crippen LogP contribution in [0.4, 0.5) is 5.69 Å². The Morgan fingerprint density at radius 2 is 2.32 bits per heavy atom. The first-order valence-electron chi connectivity index (χ1n) is 6.14. The number of hydrogen-bond acceptors (Lipinski definition) is 4. The summed E-state index contributed by atoms with van der Waals surface area (Å²) in [6.07, 6.45) is 1.83. The largest absolute Gasteiger partial charge is 0.482 e. The maximum absolute atomic E-state index is 11.9. The average molecular weight is 264 g/mol. The van der Waals surface area contributed by atoms with E-state index in [0.717, 1.165) is 19.4 Å². The number of benzene rings is 1. The Labute approximate surface area is 110 Å². The van der Waals surface area contributed by atoms with Gasteiger partial charge < -0.3 is 20.5 Å². The molecule has 1 aliphatic rings. The molecule has 0 aromatic heterocycles. The Bertz CT molecular complexity index is 469. The average Bonchev–Trinajstić information content (AvgIpc) is 2.91. The van der Waals surface area contributed by atoms with Gasteiger partial charge in [-0.05, 0) is 31.5 Å². The maximum atomic E-state index is 11.9. The van der Waals surface area contributed by atoms with E-state index in [-0.39, 0.29) is 11.9 Å². The first-order chi connectivity index (χ1) is 9.15. The van der Waals surface area contributed by atoms with Gasteiger partial charge in [0.2, 0.25) is 5.91 Å². The van der Waals surface area contributed by atoms with Crippen LogP contribution in [0.15, 0.2) is 24.3 Å². The molecule has 1 heterocycles. The summed E-state index contributed by atoms with van der Waals surface area (Å²) in [5.74, 6) is -0.697. The number of aliphatic carboxylic acids is 1. The van der Waals surface area contributed by atoms with Crippen molar-refractivity contribution in [3.63, 3.8) is 0 Å². The fraction of sp³-hybridized carbons (Fsp3) is 0.385. The number of rotatable bonds is 5.